The monoisotopic (exact) mass is 316 g/mol. The molecule has 4 heteroatoms. The van der Waals surface area contributed by atoms with Gasteiger partial charge in [-0.25, -0.2) is 4.99 Å². The first-order chi connectivity index (χ1) is 11.0. The van der Waals surface area contributed by atoms with E-state index < -0.39 is 0 Å². The zero-order chi connectivity index (χ0) is 16.8. The van der Waals surface area contributed by atoms with E-state index in [-0.39, 0.29) is 0 Å². The Labute approximate surface area is 141 Å². The Balaban J connectivity index is 2.07. The molecular formula is C19H32N4. The number of piperidine rings is 1. The van der Waals surface area contributed by atoms with Crippen LogP contribution in [0.15, 0.2) is 29.3 Å². The number of benzene rings is 1. The molecule has 1 aromatic rings. The summed E-state index contributed by atoms with van der Waals surface area (Å²) in [4.78, 5) is 11.5. The number of aliphatic imine (C=N–C) groups is 1. The molecule has 0 atom stereocenters. The van der Waals surface area contributed by atoms with Crippen molar-refractivity contribution < 1.29 is 0 Å². The van der Waals surface area contributed by atoms with Crippen molar-refractivity contribution in [1.82, 2.24) is 14.7 Å². The van der Waals surface area contributed by atoms with Crippen LogP contribution >= 0.6 is 0 Å². The van der Waals surface area contributed by atoms with Gasteiger partial charge in [-0.3, -0.25) is 4.90 Å². The van der Waals surface area contributed by atoms with Crippen LogP contribution in [0.2, 0.25) is 0 Å². The third-order valence-electron chi connectivity index (χ3n) is 4.58. The van der Waals surface area contributed by atoms with Crippen molar-refractivity contribution in [3.05, 3.63) is 35.4 Å². The first-order valence-corrected chi connectivity index (χ1v) is 8.65. The summed E-state index contributed by atoms with van der Waals surface area (Å²) in [5.74, 6) is 1.89. The molecule has 0 unspecified atom stereocenters. The minimum absolute atomic E-state index is 0.742. The fourth-order valence-electron chi connectivity index (χ4n) is 3.17. The maximum Gasteiger partial charge on any atom is 0.195 e. The topological polar surface area (TPSA) is 22.1 Å². The highest BCUT2D eigenvalue weighted by atomic mass is 15.3. The van der Waals surface area contributed by atoms with Gasteiger partial charge in [-0.05, 0) is 43.0 Å². The van der Waals surface area contributed by atoms with E-state index in [1.165, 1.54) is 37.1 Å². The van der Waals surface area contributed by atoms with Crippen molar-refractivity contribution in [2.75, 3.05) is 41.3 Å². The van der Waals surface area contributed by atoms with Crippen LogP contribution in [0, 0.1) is 5.92 Å². The summed E-state index contributed by atoms with van der Waals surface area (Å²) in [6.45, 7) is 6.60. The number of hydrogen-bond donors (Lipinski definition) is 0. The summed E-state index contributed by atoms with van der Waals surface area (Å²) in [6.07, 6.45) is 2.65. The SMILES string of the molecule is CC1CCN(Cc2ccccc2CN=C(N(C)C)N(C)C)CC1. The predicted molar refractivity (Wildman–Crippen MR) is 98.6 cm³/mol. The quantitative estimate of drug-likeness (QED) is 0.630. The molecule has 23 heavy (non-hydrogen) atoms. The van der Waals surface area contributed by atoms with Crippen LogP contribution in [0.4, 0.5) is 0 Å². The smallest absolute Gasteiger partial charge is 0.195 e. The molecule has 0 N–H and O–H groups in total. The van der Waals surface area contributed by atoms with Crippen LogP contribution in [0.3, 0.4) is 0 Å². The molecule has 128 valence electrons. The third-order valence-corrected chi connectivity index (χ3v) is 4.58. The van der Waals surface area contributed by atoms with Gasteiger partial charge in [0.1, 0.15) is 0 Å². The highest BCUT2D eigenvalue weighted by Gasteiger charge is 2.16. The van der Waals surface area contributed by atoms with E-state index >= 15 is 0 Å². The summed E-state index contributed by atoms with van der Waals surface area (Å²) >= 11 is 0. The van der Waals surface area contributed by atoms with Gasteiger partial charge in [0.25, 0.3) is 0 Å². The van der Waals surface area contributed by atoms with E-state index in [1.807, 2.05) is 28.2 Å². The molecule has 0 aliphatic carbocycles. The first-order valence-electron chi connectivity index (χ1n) is 8.65. The van der Waals surface area contributed by atoms with Gasteiger partial charge in [0.05, 0.1) is 6.54 Å². The number of guanidine groups is 1. The van der Waals surface area contributed by atoms with Gasteiger partial charge in [-0.1, -0.05) is 31.2 Å². The Hall–Kier alpha value is -1.55. The molecule has 0 spiro atoms. The van der Waals surface area contributed by atoms with Crippen LogP contribution in [0.25, 0.3) is 0 Å². The summed E-state index contributed by atoms with van der Waals surface area (Å²) < 4.78 is 0. The van der Waals surface area contributed by atoms with Gasteiger partial charge in [-0.15, -0.1) is 0 Å². The molecule has 0 bridgehead atoms. The second-order valence-corrected chi connectivity index (χ2v) is 7.13. The number of hydrogen-bond acceptors (Lipinski definition) is 2. The first kappa shape index (κ1) is 17.8. The lowest BCUT2D eigenvalue weighted by Gasteiger charge is -2.30. The molecule has 1 aromatic carbocycles. The van der Waals surface area contributed by atoms with E-state index in [9.17, 15) is 0 Å². The van der Waals surface area contributed by atoms with Crippen LogP contribution in [-0.4, -0.2) is 61.9 Å². The van der Waals surface area contributed by atoms with Crippen molar-refractivity contribution in [3.8, 4) is 0 Å². The van der Waals surface area contributed by atoms with Gasteiger partial charge >= 0.3 is 0 Å². The van der Waals surface area contributed by atoms with Gasteiger partial charge in [0.2, 0.25) is 0 Å². The van der Waals surface area contributed by atoms with Crippen molar-refractivity contribution in [1.29, 1.82) is 0 Å². The molecule has 1 aliphatic heterocycles. The highest BCUT2D eigenvalue weighted by molar-refractivity contribution is 5.79. The molecule has 4 nitrogen and oxygen atoms in total. The van der Waals surface area contributed by atoms with Crippen LogP contribution in [-0.2, 0) is 13.1 Å². The predicted octanol–water partition coefficient (Wildman–Crippen LogP) is 2.90. The summed E-state index contributed by atoms with van der Waals surface area (Å²) in [7, 11) is 8.17. The van der Waals surface area contributed by atoms with Crippen molar-refractivity contribution in [2.45, 2.75) is 32.9 Å². The van der Waals surface area contributed by atoms with Crippen LogP contribution < -0.4 is 0 Å². The molecule has 1 heterocycles. The largest absolute Gasteiger partial charge is 0.349 e. The Morgan fingerprint density at radius 2 is 1.61 bits per heavy atom. The maximum absolute atomic E-state index is 4.81. The molecule has 1 saturated heterocycles. The Morgan fingerprint density at radius 1 is 1.04 bits per heavy atom. The lowest BCUT2D eigenvalue weighted by molar-refractivity contribution is 0.185. The average Bonchev–Trinajstić information content (AvgIpc) is 2.50. The van der Waals surface area contributed by atoms with Crippen LogP contribution in [0.5, 0.6) is 0 Å². The lowest BCUT2D eigenvalue weighted by Crippen LogP contribution is -2.35. The Bertz CT molecular complexity index is 504. The Morgan fingerprint density at radius 3 is 2.17 bits per heavy atom. The Kier molecular flexibility index (Phi) is 6.46. The summed E-state index contributed by atoms with van der Waals surface area (Å²) in [6, 6.07) is 8.74. The van der Waals surface area contributed by atoms with E-state index in [0.29, 0.717) is 0 Å². The molecule has 0 amide bonds. The maximum atomic E-state index is 4.81. The molecule has 1 aliphatic rings. The van der Waals surface area contributed by atoms with Crippen molar-refractivity contribution >= 4 is 5.96 Å². The molecule has 0 radical (unpaired) electrons. The second-order valence-electron chi connectivity index (χ2n) is 7.13. The van der Waals surface area contributed by atoms with E-state index in [1.54, 1.807) is 0 Å². The summed E-state index contributed by atoms with van der Waals surface area (Å²) in [5.41, 5.74) is 2.76. The zero-order valence-corrected chi connectivity index (χ0v) is 15.4. The molecule has 0 aromatic heterocycles. The van der Waals surface area contributed by atoms with E-state index in [4.69, 9.17) is 4.99 Å². The van der Waals surface area contributed by atoms with Crippen molar-refractivity contribution in [3.63, 3.8) is 0 Å². The van der Waals surface area contributed by atoms with Crippen molar-refractivity contribution in [2.24, 2.45) is 10.9 Å². The molecule has 0 saturated carbocycles. The minimum atomic E-state index is 0.742. The number of rotatable bonds is 4. The normalized spacial score (nSPS) is 16.2. The standard InChI is InChI=1S/C19H32N4/c1-16-10-12-23(13-11-16)15-18-9-7-6-8-17(18)14-20-19(21(2)3)22(4)5/h6-9,16H,10-15H2,1-5H3. The zero-order valence-electron chi connectivity index (χ0n) is 15.4. The van der Waals surface area contributed by atoms with Crippen LogP contribution in [0.1, 0.15) is 30.9 Å². The van der Waals surface area contributed by atoms with Gasteiger partial charge in [0, 0.05) is 34.7 Å². The van der Waals surface area contributed by atoms with Gasteiger partial charge in [-0.2, -0.15) is 0 Å². The molecular weight excluding hydrogens is 284 g/mol. The molecule has 1 fully saturated rings. The number of likely N-dealkylation sites (tertiary alicyclic amines) is 1. The van der Waals surface area contributed by atoms with E-state index in [2.05, 4.69) is 45.9 Å². The number of nitrogens with zero attached hydrogens (tertiary/aromatic N) is 4. The summed E-state index contributed by atoms with van der Waals surface area (Å²) in [5, 5.41) is 0. The van der Waals surface area contributed by atoms with E-state index in [0.717, 1.165) is 25.0 Å². The van der Waals surface area contributed by atoms with Gasteiger partial charge in [0.15, 0.2) is 5.96 Å². The fourth-order valence-corrected chi connectivity index (χ4v) is 3.17. The second kappa shape index (κ2) is 8.34. The average molecular weight is 316 g/mol. The third kappa shape index (κ3) is 5.24. The lowest BCUT2D eigenvalue weighted by atomic mass is 9.98. The minimum Gasteiger partial charge on any atom is -0.349 e. The van der Waals surface area contributed by atoms with Gasteiger partial charge < -0.3 is 9.80 Å². The molecule has 2 rings (SSSR count). The fraction of sp³-hybridized carbons (Fsp3) is 0.632. The highest BCUT2D eigenvalue weighted by Crippen LogP contribution is 2.20.